The van der Waals surface area contributed by atoms with Crippen molar-refractivity contribution in [3.8, 4) is 11.5 Å². The van der Waals surface area contributed by atoms with Crippen LogP contribution in [-0.2, 0) is 9.59 Å². The fourth-order valence-electron chi connectivity index (χ4n) is 2.01. The maximum absolute atomic E-state index is 11.8. The molecule has 0 saturated heterocycles. The number of rotatable bonds is 7. The molecule has 0 bridgehead atoms. The van der Waals surface area contributed by atoms with Crippen molar-refractivity contribution in [2.24, 2.45) is 0 Å². The topological polar surface area (TPSA) is 76.7 Å². The SMILES string of the molecule is COc1cc(C)ccc1OCC(=O)NCC(=O)Nc1ccc(Br)cc1. The summed E-state index contributed by atoms with van der Waals surface area (Å²) in [4.78, 5) is 23.6. The Balaban J connectivity index is 1.77. The van der Waals surface area contributed by atoms with E-state index >= 15 is 0 Å². The summed E-state index contributed by atoms with van der Waals surface area (Å²) in [7, 11) is 1.54. The van der Waals surface area contributed by atoms with Crippen LogP contribution < -0.4 is 20.1 Å². The number of carbonyl (C=O) groups excluding carboxylic acids is 2. The third-order valence-electron chi connectivity index (χ3n) is 3.25. The summed E-state index contributed by atoms with van der Waals surface area (Å²) >= 11 is 3.32. The molecule has 2 N–H and O–H groups in total. The first-order chi connectivity index (χ1) is 12.0. The van der Waals surface area contributed by atoms with E-state index in [2.05, 4.69) is 26.6 Å². The molecule has 0 heterocycles. The Kier molecular flexibility index (Phi) is 6.82. The van der Waals surface area contributed by atoms with Gasteiger partial charge in [0.05, 0.1) is 13.7 Å². The molecule has 2 rings (SSSR count). The Morgan fingerprint density at radius 2 is 1.76 bits per heavy atom. The van der Waals surface area contributed by atoms with Crippen LogP contribution in [0.15, 0.2) is 46.9 Å². The van der Waals surface area contributed by atoms with Gasteiger partial charge in [0.15, 0.2) is 18.1 Å². The third-order valence-corrected chi connectivity index (χ3v) is 3.78. The number of carbonyl (C=O) groups is 2. The molecule has 2 amide bonds. The second-order valence-electron chi connectivity index (χ2n) is 5.27. The smallest absolute Gasteiger partial charge is 0.258 e. The first-order valence-corrected chi connectivity index (χ1v) is 8.37. The normalized spacial score (nSPS) is 10.0. The van der Waals surface area contributed by atoms with E-state index in [-0.39, 0.29) is 19.1 Å². The first-order valence-electron chi connectivity index (χ1n) is 7.57. The number of nitrogens with one attached hydrogen (secondary N) is 2. The van der Waals surface area contributed by atoms with Gasteiger partial charge in [0.2, 0.25) is 5.91 Å². The summed E-state index contributed by atoms with van der Waals surface area (Å²) in [6.45, 7) is 1.59. The molecule has 0 aliphatic heterocycles. The van der Waals surface area contributed by atoms with Crippen molar-refractivity contribution >= 4 is 33.4 Å². The Morgan fingerprint density at radius 3 is 2.44 bits per heavy atom. The second kappa shape index (κ2) is 9.08. The van der Waals surface area contributed by atoms with Gasteiger partial charge in [-0.1, -0.05) is 22.0 Å². The number of aryl methyl sites for hydroxylation is 1. The molecule has 0 aliphatic rings. The van der Waals surface area contributed by atoms with E-state index in [1.807, 2.05) is 31.2 Å². The van der Waals surface area contributed by atoms with E-state index in [4.69, 9.17) is 9.47 Å². The van der Waals surface area contributed by atoms with Crippen LogP contribution in [0.4, 0.5) is 5.69 Å². The molecular formula is C18H19BrN2O4. The molecule has 0 aromatic heterocycles. The van der Waals surface area contributed by atoms with Crippen molar-refractivity contribution in [2.45, 2.75) is 6.92 Å². The van der Waals surface area contributed by atoms with E-state index in [0.29, 0.717) is 17.2 Å². The Bertz CT molecular complexity index is 747. The van der Waals surface area contributed by atoms with E-state index in [0.717, 1.165) is 10.0 Å². The number of methoxy groups -OCH3 is 1. The molecule has 2 aromatic carbocycles. The van der Waals surface area contributed by atoms with Gasteiger partial charge in [0.1, 0.15) is 0 Å². The van der Waals surface area contributed by atoms with Crippen LogP contribution in [0.2, 0.25) is 0 Å². The molecule has 25 heavy (non-hydrogen) atoms. The Labute approximate surface area is 154 Å². The fourth-order valence-corrected chi connectivity index (χ4v) is 2.27. The summed E-state index contributed by atoms with van der Waals surface area (Å²) in [5, 5.41) is 5.19. The number of hydrogen-bond acceptors (Lipinski definition) is 4. The van der Waals surface area contributed by atoms with Crippen molar-refractivity contribution in [1.29, 1.82) is 0 Å². The largest absolute Gasteiger partial charge is 0.493 e. The lowest BCUT2D eigenvalue weighted by molar-refractivity contribution is -0.125. The molecule has 0 fully saturated rings. The molecule has 0 saturated carbocycles. The maximum Gasteiger partial charge on any atom is 0.258 e. The van der Waals surface area contributed by atoms with Crippen molar-refractivity contribution in [2.75, 3.05) is 25.6 Å². The van der Waals surface area contributed by atoms with Crippen LogP contribution in [0, 0.1) is 6.92 Å². The van der Waals surface area contributed by atoms with Crippen LogP contribution in [0.3, 0.4) is 0 Å². The van der Waals surface area contributed by atoms with E-state index in [9.17, 15) is 9.59 Å². The molecule has 0 atom stereocenters. The average molecular weight is 407 g/mol. The zero-order valence-electron chi connectivity index (χ0n) is 14.0. The van der Waals surface area contributed by atoms with Gasteiger partial charge in [-0.05, 0) is 48.9 Å². The number of amides is 2. The molecule has 132 valence electrons. The first kappa shape index (κ1) is 18.8. The molecule has 0 unspecified atom stereocenters. The highest BCUT2D eigenvalue weighted by molar-refractivity contribution is 9.10. The number of ether oxygens (including phenoxy) is 2. The lowest BCUT2D eigenvalue weighted by atomic mass is 10.2. The predicted molar refractivity (Wildman–Crippen MR) is 99.0 cm³/mol. The second-order valence-corrected chi connectivity index (χ2v) is 6.19. The molecule has 0 radical (unpaired) electrons. The van der Waals surface area contributed by atoms with Crippen molar-refractivity contribution in [1.82, 2.24) is 5.32 Å². The molecule has 6 nitrogen and oxygen atoms in total. The third kappa shape index (κ3) is 6.11. The molecule has 0 spiro atoms. The lowest BCUT2D eigenvalue weighted by Gasteiger charge is -2.11. The predicted octanol–water partition coefficient (Wildman–Crippen LogP) is 2.90. The minimum absolute atomic E-state index is 0.136. The average Bonchev–Trinajstić information content (AvgIpc) is 2.60. The zero-order chi connectivity index (χ0) is 18.2. The molecule has 0 aliphatic carbocycles. The summed E-state index contributed by atoms with van der Waals surface area (Å²) in [6, 6.07) is 12.6. The van der Waals surface area contributed by atoms with Gasteiger partial charge in [0.25, 0.3) is 5.91 Å². The van der Waals surface area contributed by atoms with Crippen LogP contribution in [0.25, 0.3) is 0 Å². The fraction of sp³-hybridized carbons (Fsp3) is 0.222. The van der Waals surface area contributed by atoms with E-state index in [1.54, 1.807) is 18.2 Å². The molecule has 7 heteroatoms. The van der Waals surface area contributed by atoms with Crippen molar-refractivity contribution in [3.05, 3.63) is 52.5 Å². The standard InChI is InChI=1S/C18H19BrN2O4/c1-12-3-8-15(16(9-12)24-2)25-11-18(23)20-10-17(22)21-14-6-4-13(19)5-7-14/h3-9H,10-11H2,1-2H3,(H,20,23)(H,21,22). The van der Waals surface area contributed by atoms with Crippen LogP contribution in [0.1, 0.15) is 5.56 Å². The van der Waals surface area contributed by atoms with Crippen molar-refractivity contribution in [3.63, 3.8) is 0 Å². The van der Waals surface area contributed by atoms with Crippen LogP contribution >= 0.6 is 15.9 Å². The highest BCUT2D eigenvalue weighted by atomic mass is 79.9. The van der Waals surface area contributed by atoms with Gasteiger partial charge in [-0.15, -0.1) is 0 Å². The number of halogens is 1. The monoisotopic (exact) mass is 406 g/mol. The summed E-state index contributed by atoms with van der Waals surface area (Å²) < 4.78 is 11.6. The van der Waals surface area contributed by atoms with Crippen LogP contribution in [-0.4, -0.2) is 32.1 Å². The van der Waals surface area contributed by atoms with Gasteiger partial charge in [-0.25, -0.2) is 0 Å². The van der Waals surface area contributed by atoms with E-state index in [1.165, 1.54) is 7.11 Å². The van der Waals surface area contributed by atoms with Crippen molar-refractivity contribution < 1.29 is 19.1 Å². The van der Waals surface area contributed by atoms with Gasteiger partial charge in [-0.3, -0.25) is 9.59 Å². The molecular weight excluding hydrogens is 388 g/mol. The van der Waals surface area contributed by atoms with E-state index < -0.39 is 5.91 Å². The highest BCUT2D eigenvalue weighted by Gasteiger charge is 2.09. The Hall–Kier alpha value is -2.54. The summed E-state index contributed by atoms with van der Waals surface area (Å²) in [6.07, 6.45) is 0. The zero-order valence-corrected chi connectivity index (χ0v) is 15.6. The highest BCUT2D eigenvalue weighted by Crippen LogP contribution is 2.27. The summed E-state index contributed by atoms with van der Waals surface area (Å²) in [5.74, 6) is 0.320. The number of benzene rings is 2. The minimum Gasteiger partial charge on any atom is -0.493 e. The summed E-state index contributed by atoms with van der Waals surface area (Å²) in [5.41, 5.74) is 1.68. The lowest BCUT2D eigenvalue weighted by Crippen LogP contribution is -2.35. The number of hydrogen-bond donors (Lipinski definition) is 2. The maximum atomic E-state index is 11.8. The van der Waals surface area contributed by atoms with Gasteiger partial charge in [-0.2, -0.15) is 0 Å². The Morgan fingerprint density at radius 1 is 1.04 bits per heavy atom. The molecule has 2 aromatic rings. The van der Waals surface area contributed by atoms with Crippen LogP contribution in [0.5, 0.6) is 11.5 Å². The number of anilines is 1. The van der Waals surface area contributed by atoms with Gasteiger partial charge < -0.3 is 20.1 Å². The van der Waals surface area contributed by atoms with Gasteiger partial charge >= 0.3 is 0 Å². The quantitative estimate of drug-likeness (QED) is 0.740. The minimum atomic E-state index is -0.395. The van der Waals surface area contributed by atoms with Gasteiger partial charge in [0, 0.05) is 10.2 Å².